The fraction of sp³-hybridized carbons (Fsp3) is 0.467. The minimum atomic E-state index is -4.49. The number of nitrogens with zero attached hydrogens (tertiary/aromatic N) is 2. The molecule has 0 N–H and O–H groups in total. The highest BCUT2D eigenvalue weighted by Crippen LogP contribution is 2.48. The molecule has 1 amide bonds. The molecule has 2 unspecified atom stereocenters. The fourth-order valence-corrected chi connectivity index (χ4v) is 2.45. The summed E-state index contributed by atoms with van der Waals surface area (Å²) in [5, 5.41) is 8.50. The Morgan fingerprint density at radius 1 is 1.32 bits per heavy atom. The van der Waals surface area contributed by atoms with Gasteiger partial charge in [0.2, 0.25) is 5.91 Å². The van der Waals surface area contributed by atoms with Crippen LogP contribution in [0.1, 0.15) is 24.3 Å². The van der Waals surface area contributed by atoms with Gasteiger partial charge in [0.15, 0.2) is 0 Å². The fourth-order valence-electron chi connectivity index (χ4n) is 2.45. The van der Waals surface area contributed by atoms with Crippen molar-refractivity contribution in [1.82, 2.24) is 4.90 Å². The van der Waals surface area contributed by atoms with E-state index in [1.807, 2.05) is 0 Å². The highest BCUT2D eigenvalue weighted by atomic mass is 19.4. The zero-order chi connectivity index (χ0) is 16.3. The van der Waals surface area contributed by atoms with Crippen molar-refractivity contribution in [2.24, 2.45) is 5.92 Å². The lowest BCUT2D eigenvalue weighted by Gasteiger charge is -2.23. The first kappa shape index (κ1) is 16.3. The van der Waals surface area contributed by atoms with Crippen molar-refractivity contribution in [2.45, 2.75) is 24.9 Å². The van der Waals surface area contributed by atoms with Gasteiger partial charge in [0, 0.05) is 12.5 Å². The van der Waals surface area contributed by atoms with Crippen molar-refractivity contribution >= 4 is 5.91 Å². The number of carbonyl (C=O) groups is 1. The summed E-state index contributed by atoms with van der Waals surface area (Å²) >= 11 is 0. The molecule has 1 fully saturated rings. The third kappa shape index (κ3) is 4.20. The maximum absolute atomic E-state index is 12.8. The van der Waals surface area contributed by atoms with E-state index in [4.69, 9.17) is 5.26 Å². The van der Waals surface area contributed by atoms with E-state index < -0.39 is 30.4 Å². The largest absolute Gasteiger partial charge is 0.406 e. The molecule has 0 saturated heterocycles. The Balaban J connectivity index is 2.02. The summed E-state index contributed by atoms with van der Waals surface area (Å²) < 4.78 is 50.4. The standard InChI is InChI=1S/C15H14F4N2O/c16-11-4-2-10(3-5-11)12-8-13(12)14(22)21(7-1-6-20)9-15(17,18)19/h2-5,12-13H,1,7-9H2. The van der Waals surface area contributed by atoms with Gasteiger partial charge >= 0.3 is 6.18 Å². The predicted octanol–water partition coefficient (Wildman–Crippen LogP) is 3.23. The summed E-state index contributed by atoms with van der Waals surface area (Å²) in [5.74, 6) is -1.70. The lowest BCUT2D eigenvalue weighted by Crippen LogP contribution is -2.40. The lowest BCUT2D eigenvalue weighted by molar-refractivity contribution is -0.162. The maximum atomic E-state index is 12.8. The van der Waals surface area contributed by atoms with Crippen molar-refractivity contribution in [3.8, 4) is 6.07 Å². The molecule has 1 aromatic carbocycles. The topological polar surface area (TPSA) is 44.1 Å². The molecular formula is C15H14F4N2O. The van der Waals surface area contributed by atoms with Crippen LogP contribution in [0.4, 0.5) is 17.6 Å². The van der Waals surface area contributed by atoms with Crippen molar-refractivity contribution in [1.29, 1.82) is 5.26 Å². The normalized spacial score (nSPS) is 20.3. The first-order valence-electron chi connectivity index (χ1n) is 6.80. The summed E-state index contributed by atoms with van der Waals surface area (Å²) in [6.45, 7) is -1.58. The molecule has 0 bridgehead atoms. The number of rotatable bonds is 5. The predicted molar refractivity (Wildman–Crippen MR) is 70.1 cm³/mol. The maximum Gasteiger partial charge on any atom is 0.406 e. The number of nitriles is 1. The van der Waals surface area contributed by atoms with Gasteiger partial charge in [0.25, 0.3) is 0 Å². The number of hydrogen-bond donors (Lipinski definition) is 0. The molecule has 2 atom stereocenters. The van der Waals surface area contributed by atoms with E-state index in [0.717, 1.165) is 5.56 Å². The summed E-state index contributed by atoms with van der Waals surface area (Å²) in [5.41, 5.74) is 0.743. The Hall–Kier alpha value is -2.10. The van der Waals surface area contributed by atoms with Crippen LogP contribution in [0.5, 0.6) is 0 Å². The van der Waals surface area contributed by atoms with Crippen LogP contribution in [0.15, 0.2) is 24.3 Å². The van der Waals surface area contributed by atoms with E-state index in [9.17, 15) is 22.4 Å². The quantitative estimate of drug-likeness (QED) is 0.783. The van der Waals surface area contributed by atoms with E-state index in [-0.39, 0.29) is 18.9 Å². The first-order valence-corrected chi connectivity index (χ1v) is 6.80. The van der Waals surface area contributed by atoms with E-state index in [2.05, 4.69) is 0 Å². The number of halogens is 4. The molecule has 0 heterocycles. The molecule has 0 aliphatic heterocycles. The second-order valence-electron chi connectivity index (χ2n) is 5.28. The van der Waals surface area contributed by atoms with Crippen molar-refractivity contribution in [2.75, 3.05) is 13.1 Å². The summed E-state index contributed by atoms with van der Waals surface area (Å²) in [7, 11) is 0. The third-order valence-electron chi connectivity index (χ3n) is 3.58. The van der Waals surface area contributed by atoms with E-state index >= 15 is 0 Å². The second-order valence-corrected chi connectivity index (χ2v) is 5.28. The van der Waals surface area contributed by atoms with Gasteiger partial charge in [-0.05, 0) is 30.0 Å². The van der Waals surface area contributed by atoms with Gasteiger partial charge in [0.05, 0.1) is 12.5 Å². The second kappa shape index (κ2) is 6.34. The average Bonchev–Trinajstić information content (AvgIpc) is 3.22. The van der Waals surface area contributed by atoms with Crippen LogP contribution in [-0.2, 0) is 4.79 Å². The average molecular weight is 314 g/mol. The van der Waals surface area contributed by atoms with Crippen LogP contribution in [0.3, 0.4) is 0 Å². The minimum Gasteiger partial charge on any atom is -0.332 e. The van der Waals surface area contributed by atoms with Crippen LogP contribution in [-0.4, -0.2) is 30.1 Å². The molecule has 1 saturated carbocycles. The molecule has 7 heteroatoms. The molecule has 0 radical (unpaired) electrons. The van der Waals surface area contributed by atoms with Crippen LogP contribution >= 0.6 is 0 Å². The van der Waals surface area contributed by atoms with Gasteiger partial charge in [0.1, 0.15) is 12.4 Å². The molecule has 1 aliphatic carbocycles. The van der Waals surface area contributed by atoms with Crippen LogP contribution in [0.25, 0.3) is 0 Å². The molecule has 2 rings (SSSR count). The molecule has 1 aliphatic rings. The van der Waals surface area contributed by atoms with Gasteiger partial charge < -0.3 is 4.90 Å². The molecule has 3 nitrogen and oxygen atoms in total. The third-order valence-corrected chi connectivity index (χ3v) is 3.58. The molecule has 1 aromatic rings. The molecule has 118 valence electrons. The zero-order valence-electron chi connectivity index (χ0n) is 11.6. The summed E-state index contributed by atoms with van der Waals surface area (Å²) in [4.78, 5) is 12.9. The minimum absolute atomic E-state index is 0.143. The van der Waals surface area contributed by atoms with Crippen LogP contribution in [0, 0.1) is 23.1 Å². The Morgan fingerprint density at radius 3 is 2.50 bits per heavy atom. The number of carbonyl (C=O) groups excluding carboxylic acids is 1. The van der Waals surface area contributed by atoms with Gasteiger partial charge in [-0.3, -0.25) is 4.79 Å². The van der Waals surface area contributed by atoms with E-state index in [0.29, 0.717) is 11.3 Å². The molecule has 22 heavy (non-hydrogen) atoms. The van der Waals surface area contributed by atoms with Gasteiger partial charge in [-0.25, -0.2) is 4.39 Å². The summed E-state index contributed by atoms with van der Waals surface area (Å²) in [6.07, 6.45) is -4.19. The SMILES string of the molecule is N#CCCN(CC(F)(F)F)C(=O)C1CC1c1ccc(F)cc1. The van der Waals surface area contributed by atoms with Crippen molar-refractivity contribution in [3.63, 3.8) is 0 Å². The Morgan fingerprint density at radius 2 is 1.95 bits per heavy atom. The van der Waals surface area contributed by atoms with Crippen molar-refractivity contribution in [3.05, 3.63) is 35.6 Å². The Bertz CT molecular complexity index is 577. The highest BCUT2D eigenvalue weighted by Gasteiger charge is 2.47. The lowest BCUT2D eigenvalue weighted by atomic mass is 10.1. The smallest absolute Gasteiger partial charge is 0.332 e. The van der Waals surface area contributed by atoms with E-state index in [1.165, 1.54) is 24.3 Å². The van der Waals surface area contributed by atoms with E-state index in [1.54, 1.807) is 6.07 Å². The van der Waals surface area contributed by atoms with Gasteiger partial charge in [-0.1, -0.05) is 12.1 Å². The number of benzene rings is 1. The van der Waals surface area contributed by atoms with Gasteiger partial charge in [-0.15, -0.1) is 0 Å². The number of amides is 1. The first-order chi connectivity index (χ1) is 10.3. The molecular weight excluding hydrogens is 300 g/mol. The van der Waals surface area contributed by atoms with Crippen LogP contribution < -0.4 is 0 Å². The highest BCUT2D eigenvalue weighted by molar-refractivity contribution is 5.83. The molecule has 0 aromatic heterocycles. The number of alkyl halides is 3. The van der Waals surface area contributed by atoms with Crippen LogP contribution in [0.2, 0.25) is 0 Å². The monoisotopic (exact) mass is 314 g/mol. The van der Waals surface area contributed by atoms with Gasteiger partial charge in [-0.2, -0.15) is 18.4 Å². The van der Waals surface area contributed by atoms with Crippen molar-refractivity contribution < 1.29 is 22.4 Å². The summed E-state index contributed by atoms with van der Waals surface area (Å²) in [6, 6.07) is 7.35. The number of hydrogen-bond acceptors (Lipinski definition) is 2. The zero-order valence-corrected chi connectivity index (χ0v) is 11.6. The molecule has 0 spiro atoms. The Labute approximate surface area is 125 Å². The Kier molecular flexibility index (Phi) is 4.69.